The maximum atomic E-state index is 12.0. The van der Waals surface area contributed by atoms with Crippen LogP contribution in [0.25, 0.3) is 0 Å². The number of nitrogens with one attached hydrogen (secondary N) is 2. The van der Waals surface area contributed by atoms with Crippen LogP contribution in [0.2, 0.25) is 0 Å². The normalized spacial score (nSPS) is 12.5. The Morgan fingerprint density at radius 3 is 2.42 bits per heavy atom. The molecule has 1 rings (SSSR count). The molecule has 1 heterocycles. The average Bonchev–Trinajstić information content (AvgIpc) is 2.63. The van der Waals surface area contributed by atoms with Crippen molar-refractivity contribution in [1.82, 2.24) is 15.5 Å². The molecule has 0 saturated carbocycles. The summed E-state index contributed by atoms with van der Waals surface area (Å²) in [5.41, 5.74) is 1.80. The third-order valence-electron chi connectivity index (χ3n) is 2.97. The highest BCUT2D eigenvalue weighted by Gasteiger charge is 2.21. The minimum absolute atomic E-state index is 0.135. The first-order valence-electron chi connectivity index (χ1n) is 6.35. The Morgan fingerprint density at radius 2 is 2.00 bits per heavy atom. The predicted octanol–water partition coefficient (Wildman–Crippen LogP) is 1.50. The third kappa shape index (κ3) is 4.08. The van der Waals surface area contributed by atoms with Crippen LogP contribution in [-0.4, -0.2) is 33.7 Å². The van der Waals surface area contributed by atoms with E-state index in [0.29, 0.717) is 23.4 Å². The van der Waals surface area contributed by atoms with Crippen molar-refractivity contribution in [2.45, 2.75) is 34.1 Å². The fraction of sp³-hybridized carbons (Fsp3) is 0.615. The molecule has 0 radical (unpaired) electrons. The van der Waals surface area contributed by atoms with Crippen LogP contribution >= 0.6 is 0 Å². The fourth-order valence-electron chi connectivity index (χ4n) is 2.03. The molecule has 6 heteroatoms. The van der Waals surface area contributed by atoms with Gasteiger partial charge in [-0.15, -0.1) is 0 Å². The number of nitrogens with zero attached hydrogens (tertiary/aromatic N) is 1. The number of carbonyl (C=O) groups is 2. The van der Waals surface area contributed by atoms with Gasteiger partial charge < -0.3 is 10.4 Å². The van der Waals surface area contributed by atoms with Gasteiger partial charge in [-0.05, 0) is 26.2 Å². The second-order valence-corrected chi connectivity index (χ2v) is 5.18. The largest absolute Gasteiger partial charge is 0.481 e. The van der Waals surface area contributed by atoms with E-state index in [9.17, 15) is 9.59 Å². The van der Waals surface area contributed by atoms with Crippen molar-refractivity contribution in [2.24, 2.45) is 11.8 Å². The SMILES string of the molecule is Cc1n[nH]c(C)c1C(=O)NCC(CC(C)C)C(=O)O. The highest BCUT2D eigenvalue weighted by Crippen LogP contribution is 2.13. The molecule has 1 aromatic rings. The third-order valence-corrected chi connectivity index (χ3v) is 2.97. The van der Waals surface area contributed by atoms with Crippen molar-refractivity contribution in [3.63, 3.8) is 0 Å². The zero-order valence-corrected chi connectivity index (χ0v) is 11.8. The van der Waals surface area contributed by atoms with Gasteiger partial charge in [-0.2, -0.15) is 5.10 Å². The van der Waals surface area contributed by atoms with Crippen LogP contribution < -0.4 is 5.32 Å². The van der Waals surface area contributed by atoms with E-state index in [1.807, 2.05) is 13.8 Å². The average molecular weight is 267 g/mol. The van der Waals surface area contributed by atoms with Gasteiger partial charge in [-0.3, -0.25) is 14.7 Å². The molecular weight excluding hydrogens is 246 g/mol. The number of aromatic nitrogens is 2. The van der Waals surface area contributed by atoms with Crippen LogP contribution in [0.1, 0.15) is 42.0 Å². The Kier molecular flexibility index (Phi) is 5.09. The van der Waals surface area contributed by atoms with Gasteiger partial charge in [0.15, 0.2) is 0 Å². The van der Waals surface area contributed by atoms with Crippen molar-refractivity contribution in [3.8, 4) is 0 Å². The van der Waals surface area contributed by atoms with E-state index >= 15 is 0 Å². The summed E-state index contributed by atoms with van der Waals surface area (Å²) >= 11 is 0. The first-order valence-corrected chi connectivity index (χ1v) is 6.35. The molecule has 3 N–H and O–H groups in total. The summed E-state index contributed by atoms with van der Waals surface area (Å²) in [5, 5.41) is 18.5. The van der Waals surface area contributed by atoms with Crippen LogP contribution in [0.15, 0.2) is 0 Å². The number of aromatic amines is 1. The number of carbonyl (C=O) groups excluding carboxylic acids is 1. The molecular formula is C13H21N3O3. The van der Waals surface area contributed by atoms with E-state index in [2.05, 4.69) is 15.5 Å². The number of carboxylic acid groups (broad SMARTS) is 1. The van der Waals surface area contributed by atoms with E-state index in [1.165, 1.54) is 0 Å². The summed E-state index contributed by atoms with van der Waals surface area (Å²) in [6, 6.07) is 0. The highest BCUT2D eigenvalue weighted by molar-refractivity contribution is 5.96. The standard InChI is InChI=1S/C13H21N3O3/c1-7(2)5-10(13(18)19)6-14-12(17)11-8(3)15-16-9(11)4/h7,10H,5-6H2,1-4H3,(H,14,17)(H,15,16)(H,18,19). The van der Waals surface area contributed by atoms with Gasteiger partial charge in [0.2, 0.25) is 0 Å². The zero-order chi connectivity index (χ0) is 14.6. The van der Waals surface area contributed by atoms with Gasteiger partial charge in [0.1, 0.15) is 0 Å². The van der Waals surface area contributed by atoms with Gasteiger partial charge in [0, 0.05) is 12.2 Å². The summed E-state index contributed by atoms with van der Waals surface area (Å²) in [4.78, 5) is 23.1. The number of aryl methyl sites for hydroxylation is 2. The number of hydrogen-bond acceptors (Lipinski definition) is 3. The Balaban J connectivity index is 2.65. The molecule has 0 bridgehead atoms. The molecule has 0 aliphatic rings. The highest BCUT2D eigenvalue weighted by atomic mass is 16.4. The molecule has 0 aliphatic carbocycles. The van der Waals surface area contributed by atoms with Crippen LogP contribution in [-0.2, 0) is 4.79 Å². The van der Waals surface area contributed by atoms with E-state index in [0.717, 1.165) is 0 Å². The number of rotatable bonds is 6. The lowest BCUT2D eigenvalue weighted by Gasteiger charge is -2.15. The molecule has 0 saturated heterocycles. The monoisotopic (exact) mass is 267 g/mol. The smallest absolute Gasteiger partial charge is 0.308 e. The van der Waals surface area contributed by atoms with Crippen molar-refractivity contribution < 1.29 is 14.7 Å². The summed E-state index contributed by atoms with van der Waals surface area (Å²) in [5.74, 6) is -1.44. The Bertz CT molecular complexity index is 446. The number of H-pyrrole nitrogens is 1. The molecule has 0 aliphatic heterocycles. The maximum Gasteiger partial charge on any atom is 0.308 e. The molecule has 19 heavy (non-hydrogen) atoms. The zero-order valence-electron chi connectivity index (χ0n) is 11.8. The van der Waals surface area contributed by atoms with Gasteiger partial charge >= 0.3 is 5.97 Å². The molecule has 1 aromatic heterocycles. The number of amides is 1. The van der Waals surface area contributed by atoms with Crippen LogP contribution in [0.3, 0.4) is 0 Å². The van der Waals surface area contributed by atoms with Gasteiger partial charge in [-0.1, -0.05) is 13.8 Å². The van der Waals surface area contributed by atoms with E-state index in [4.69, 9.17) is 5.11 Å². The van der Waals surface area contributed by atoms with E-state index < -0.39 is 11.9 Å². The molecule has 1 amide bonds. The summed E-state index contributed by atoms with van der Waals surface area (Å²) in [6.07, 6.45) is 0.541. The number of hydrogen-bond donors (Lipinski definition) is 3. The molecule has 0 spiro atoms. The quantitative estimate of drug-likeness (QED) is 0.728. The lowest BCUT2D eigenvalue weighted by molar-refractivity contribution is -0.142. The summed E-state index contributed by atoms with van der Waals surface area (Å²) < 4.78 is 0. The van der Waals surface area contributed by atoms with Crippen molar-refractivity contribution in [1.29, 1.82) is 0 Å². The minimum atomic E-state index is -0.880. The molecule has 1 unspecified atom stereocenters. The molecule has 0 fully saturated rings. The van der Waals surface area contributed by atoms with Crippen LogP contribution in [0.5, 0.6) is 0 Å². The molecule has 106 valence electrons. The Morgan fingerprint density at radius 1 is 1.37 bits per heavy atom. The summed E-state index contributed by atoms with van der Waals surface area (Å²) in [6.45, 7) is 7.56. The van der Waals surface area contributed by atoms with Crippen molar-refractivity contribution >= 4 is 11.9 Å². The topological polar surface area (TPSA) is 95.1 Å². The second kappa shape index (κ2) is 6.36. The first-order chi connectivity index (χ1) is 8.82. The number of carboxylic acids is 1. The summed E-state index contributed by atoms with van der Waals surface area (Å²) in [7, 11) is 0. The molecule has 1 atom stereocenters. The minimum Gasteiger partial charge on any atom is -0.481 e. The van der Waals surface area contributed by atoms with Crippen LogP contribution in [0.4, 0.5) is 0 Å². The van der Waals surface area contributed by atoms with E-state index in [1.54, 1.807) is 13.8 Å². The molecule has 6 nitrogen and oxygen atoms in total. The first kappa shape index (κ1) is 15.2. The van der Waals surface area contributed by atoms with Gasteiger partial charge in [0.25, 0.3) is 5.91 Å². The van der Waals surface area contributed by atoms with Gasteiger partial charge in [0.05, 0.1) is 17.2 Å². The van der Waals surface area contributed by atoms with Crippen molar-refractivity contribution in [2.75, 3.05) is 6.54 Å². The van der Waals surface area contributed by atoms with Crippen LogP contribution in [0, 0.1) is 25.7 Å². The number of aliphatic carboxylic acids is 1. The second-order valence-electron chi connectivity index (χ2n) is 5.18. The lowest BCUT2D eigenvalue weighted by Crippen LogP contribution is -2.34. The maximum absolute atomic E-state index is 12.0. The Hall–Kier alpha value is -1.85. The van der Waals surface area contributed by atoms with Crippen molar-refractivity contribution in [3.05, 3.63) is 17.0 Å². The van der Waals surface area contributed by atoms with Gasteiger partial charge in [-0.25, -0.2) is 0 Å². The molecule has 0 aromatic carbocycles. The predicted molar refractivity (Wildman–Crippen MR) is 71.0 cm³/mol. The Labute approximate surface area is 112 Å². The fourth-order valence-corrected chi connectivity index (χ4v) is 2.03. The lowest BCUT2D eigenvalue weighted by atomic mass is 9.97. The van der Waals surface area contributed by atoms with E-state index in [-0.39, 0.29) is 18.4 Å².